The molecule has 1 heterocycles. The Kier molecular flexibility index (Phi) is 2.66. The third-order valence-corrected chi connectivity index (χ3v) is 2.62. The van der Waals surface area contributed by atoms with E-state index in [1.807, 2.05) is 0 Å². The molecule has 0 saturated carbocycles. The normalized spacial score (nSPS) is 19.4. The predicted octanol–water partition coefficient (Wildman–Crippen LogP) is 3.33. The number of benzene rings is 1. The minimum Gasteiger partial charge on any atom is -0.454 e. The smallest absolute Gasteiger partial charge is 0.339 e. The van der Waals surface area contributed by atoms with Gasteiger partial charge in [0.2, 0.25) is 5.92 Å². The number of rotatable bonds is 3. The standard InChI is InChI=1S/C12H12F2O2/c1-12(13,14)7-6-10-8-4-2-3-5-9(8)11(15)16-10/h2-5,10H,6-7H2,1H3. The highest BCUT2D eigenvalue weighted by atomic mass is 19.3. The highest BCUT2D eigenvalue weighted by Crippen LogP contribution is 2.35. The van der Waals surface area contributed by atoms with Gasteiger partial charge in [-0.3, -0.25) is 0 Å². The minimum atomic E-state index is -2.72. The summed E-state index contributed by atoms with van der Waals surface area (Å²) in [6, 6.07) is 6.91. The van der Waals surface area contributed by atoms with Crippen LogP contribution in [-0.2, 0) is 4.74 Å². The number of hydrogen-bond acceptors (Lipinski definition) is 2. The fourth-order valence-electron chi connectivity index (χ4n) is 1.82. The van der Waals surface area contributed by atoms with Gasteiger partial charge < -0.3 is 4.74 Å². The number of carbonyl (C=O) groups is 1. The molecule has 2 nitrogen and oxygen atoms in total. The van der Waals surface area contributed by atoms with Gasteiger partial charge in [0.05, 0.1) is 5.56 Å². The molecule has 86 valence electrons. The maximum atomic E-state index is 12.7. The third kappa shape index (κ3) is 2.21. The molecule has 0 bridgehead atoms. The fraction of sp³-hybridized carbons (Fsp3) is 0.417. The van der Waals surface area contributed by atoms with E-state index in [9.17, 15) is 13.6 Å². The monoisotopic (exact) mass is 226 g/mol. The number of fused-ring (bicyclic) bond motifs is 1. The molecule has 1 aliphatic heterocycles. The van der Waals surface area contributed by atoms with E-state index in [-0.39, 0.29) is 12.8 Å². The quantitative estimate of drug-likeness (QED) is 0.739. The van der Waals surface area contributed by atoms with Crippen LogP contribution in [0.5, 0.6) is 0 Å². The van der Waals surface area contributed by atoms with Crippen molar-refractivity contribution in [2.24, 2.45) is 0 Å². The van der Waals surface area contributed by atoms with Gasteiger partial charge in [0.25, 0.3) is 0 Å². The molecule has 1 aromatic carbocycles. The Morgan fingerprint density at radius 1 is 1.38 bits per heavy atom. The molecule has 0 saturated heterocycles. The molecule has 0 N–H and O–H groups in total. The van der Waals surface area contributed by atoms with Crippen molar-refractivity contribution in [2.45, 2.75) is 31.8 Å². The average Bonchev–Trinajstić information content (AvgIpc) is 2.53. The molecule has 1 unspecified atom stereocenters. The first kappa shape index (κ1) is 11.0. The van der Waals surface area contributed by atoms with Crippen LogP contribution < -0.4 is 0 Å². The van der Waals surface area contributed by atoms with Crippen LogP contribution in [0.25, 0.3) is 0 Å². The van der Waals surface area contributed by atoms with Crippen molar-refractivity contribution in [3.63, 3.8) is 0 Å². The molecule has 1 aromatic rings. The van der Waals surface area contributed by atoms with E-state index in [1.54, 1.807) is 24.3 Å². The number of halogens is 2. The largest absolute Gasteiger partial charge is 0.454 e. The maximum absolute atomic E-state index is 12.7. The van der Waals surface area contributed by atoms with Crippen LogP contribution in [0.15, 0.2) is 24.3 Å². The van der Waals surface area contributed by atoms with Gasteiger partial charge in [-0.25, -0.2) is 13.6 Å². The Morgan fingerprint density at radius 3 is 2.75 bits per heavy atom. The molecule has 0 spiro atoms. The maximum Gasteiger partial charge on any atom is 0.339 e. The zero-order valence-electron chi connectivity index (χ0n) is 8.87. The summed E-state index contributed by atoms with van der Waals surface area (Å²) in [5.74, 6) is -3.13. The van der Waals surface area contributed by atoms with Crippen molar-refractivity contribution in [2.75, 3.05) is 0 Å². The summed E-state index contributed by atoms with van der Waals surface area (Å²) in [7, 11) is 0. The predicted molar refractivity (Wildman–Crippen MR) is 54.5 cm³/mol. The lowest BCUT2D eigenvalue weighted by Gasteiger charge is -2.14. The van der Waals surface area contributed by atoms with Crippen LogP contribution in [0.3, 0.4) is 0 Å². The van der Waals surface area contributed by atoms with Crippen LogP contribution in [-0.4, -0.2) is 11.9 Å². The summed E-state index contributed by atoms with van der Waals surface area (Å²) in [6.45, 7) is 0.871. The second-order valence-electron chi connectivity index (χ2n) is 4.09. The molecule has 0 fully saturated rings. The van der Waals surface area contributed by atoms with Crippen molar-refractivity contribution in [3.8, 4) is 0 Å². The van der Waals surface area contributed by atoms with Crippen molar-refractivity contribution < 1.29 is 18.3 Å². The zero-order chi connectivity index (χ0) is 11.8. The van der Waals surface area contributed by atoms with Crippen molar-refractivity contribution in [3.05, 3.63) is 35.4 Å². The van der Waals surface area contributed by atoms with Crippen molar-refractivity contribution in [1.82, 2.24) is 0 Å². The first-order chi connectivity index (χ1) is 7.47. The third-order valence-electron chi connectivity index (χ3n) is 2.62. The molecule has 16 heavy (non-hydrogen) atoms. The lowest BCUT2D eigenvalue weighted by Crippen LogP contribution is -2.11. The number of esters is 1. The zero-order valence-corrected chi connectivity index (χ0v) is 8.87. The summed E-state index contributed by atoms with van der Waals surface area (Å²) in [5.41, 5.74) is 1.21. The molecule has 1 atom stereocenters. The first-order valence-electron chi connectivity index (χ1n) is 5.15. The van der Waals surface area contributed by atoms with Crippen molar-refractivity contribution in [1.29, 1.82) is 0 Å². The number of alkyl halides is 2. The van der Waals surface area contributed by atoms with Crippen LogP contribution >= 0.6 is 0 Å². The SMILES string of the molecule is CC(F)(F)CCC1OC(=O)c2ccccc21. The molecule has 2 rings (SSSR count). The summed E-state index contributed by atoms with van der Waals surface area (Å²) >= 11 is 0. The molecule has 0 radical (unpaired) electrons. The number of carbonyl (C=O) groups excluding carboxylic acids is 1. The van der Waals surface area contributed by atoms with E-state index in [0.29, 0.717) is 5.56 Å². The summed E-state index contributed by atoms with van der Waals surface area (Å²) < 4.78 is 30.5. The second-order valence-corrected chi connectivity index (χ2v) is 4.09. The van der Waals surface area contributed by atoms with Gasteiger partial charge in [-0.05, 0) is 19.4 Å². The first-order valence-corrected chi connectivity index (χ1v) is 5.15. The Bertz CT molecular complexity index is 410. The summed E-state index contributed by atoms with van der Waals surface area (Å²) in [6.07, 6.45) is -0.638. The average molecular weight is 226 g/mol. The van der Waals surface area contributed by atoms with E-state index in [2.05, 4.69) is 0 Å². The Morgan fingerprint density at radius 2 is 2.06 bits per heavy atom. The van der Waals surface area contributed by atoms with Gasteiger partial charge in [-0.1, -0.05) is 18.2 Å². The van der Waals surface area contributed by atoms with Gasteiger partial charge in [0.1, 0.15) is 6.10 Å². The molecular formula is C12H12F2O2. The van der Waals surface area contributed by atoms with Gasteiger partial charge in [0, 0.05) is 12.0 Å². The van der Waals surface area contributed by atoms with Gasteiger partial charge in [-0.15, -0.1) is 0 Å². The number of cyclic esters (lactones) is 1. The number of ether oxygens (including phenoxy) is 1. The van der Waals surface area contributed by atoms with Gasteiger partial charge >= 0.3 is 5.97 Å². The lowest BCUT2D eigenvalue weighted by molar-refractivity contribution is -0.00831. The van der Waals surface area contributed by atoms with Crippen LogP contribution in [0, 0.1) is 0 Å². The van der Waals surface area contributed by atoms with E-state index < -0.39 is 18.0 Å². The van der Waals surface area contributed by atoms with E-state index >= 15 is 0 Å². The molecule has 0 amide bonds. The van der Waals surface area contributed by atoms with Crippen molar-refractivity contribution >= 4 is 5.97 Å². The van der Waals surface area contributed by atoms with E-state index in [4.69, 9.17) is 4.74 Å². The van der Waals surface area contributed by atoms with Crippen LogP contribution in [0.1, 0.15) is 41.8 Å². The summed E-state index contributed by atoms with van der Waals surface area (Å²) in [4.78, 5) is 11.4. The Hall–Kier alpha value is -1.45. The molecule has 4 heteroatoms. The minimum absolute atomic E-state index is 0.159. The Balaban J connectivity index is 2.12. The fourth-order valence-corrected chi connectivity index (χ4v) is 1.82. The summed E-state index contributed by atoms with van der Waals surface area (Å²) in [5, 5.41) is 0. The van der Waals surface area contributed by atoms with Gasteiger partial charge in [0.15, 0.2) is 0 Å². The molecule has 0 aromatic heterocycles. The molecule has 1 aliphatic rings. The molecular weight excluding hydrogens is 214 g/mol. The van der Waals surface area contributed by atoms with Crippen LogP contribution in [0.2, 0.25) is 0 Å². The second kappa shape index (κ2) is 3.85. The van der Waals surface area contributed by atoms with E-state index in [1.165, 1.54) is 0 Å². The highest BCUT2D eigenvalue weighted by molar-refractivity contribution is 5.93. The van der Waals surface area contributed by atoms with E-state index in [0.717, 1.165) is 12.5 Å². The number of hydrogen-bond donors (Lipinski definition) is 0. The lowest BCUT2D eigenvalue weighted by atomic mass is 10.0. The topological polar surface area (TPSA) is 26.3 Å². The van der Waals surface area contributed by atoms with Gasteiger partial charge in [-0.2, -0.15) is 0 Å². The molecule has 0 aliphatic carbocycles. The highest BCUT2D eigenvalue weighted by Gasteiger charge is 2.32. The Labute approximate surface area is 92.2 Å². The van der Waals surface area contributed by atoms with Crippen LogP contribution in [0.4, 0.5) is 8.78 Å².